The van der Waals surface area contributed by atoms with Gasteiger partial charge in [0.05, 0.1) is 19.8 Å². The van der Waals surface area contributed by atoms with E-state index in [9.17, 15) is 0 Å². The van der Waals surface area contributed by atoms with Gasteiger partial charge in [-0.15, -0.1) is 0 Å². The molecule has 84 valence electrons. The summed E-state index contributed by atoms with van der Waals surface area (Å²) in [6, 6.07) is 6.01. The molecular formula is C12H18O3. The molecule has 0 amide bonds. The molecule has 0 saturated heterocycles. The number of hydrogen-bond acceptors (Lipinski definition) is 3. The third kappa shape index (κ3) is 4.32. The van der Waals surface area contributed by atoms with Gasteiger partial charge in [-0.2, -0.15) is 0 Å². The Balaban J connectivity index is 2.28. The summed E-state index contributed by atoms with van der Waals surface area (Å²) < 4.78 is 10.6. The Morgan fingerprint density at radius 3 is 2.53 bits per heavy atom. The summed E-state index contributed by atoms with van der Waals surface area (Å²) in [6.07, 6.45) is 0. The molecule has 0 aliphatic carbocycles. The summed E-state index contributed by atoms with van der Waals surface area (Å²) in [5.74, 6) is 0.866. The van der Waals surface area contributed by atoms with Gasteiger partial charge in [-0.3, -0.25) is 0 Å². The smallest absolute Gasteiger partial charge is 0.119 e. The number of aliphatic hydroxyl groups excluding tert-OH is 1. The van der Waals surface area contributed by atoms with Gasteiger partial charge in [0.1, 0.15) is 12.4 Å². The van der Waals surface area contributed by atoms with E-state index in [1.165, 1.54) is 11.1 Å². The molecule has 1 N–H and O–H groups in total. The van der Waals surface area contributed by atoms with Crippen molar-refractivity contribution in [2.45, 2.75) is 13.8 Å². The SMILES string of the molecule is Cc1ccc(OCCOCCO)cc1C. The minimum Gasteiger partial charge on any atom is -0.491 e. The van der Waals surface area contributed by atoms with Crippen LogP contribution in [0.25, 0.3) is 0 Å². The van der Waals surface area contributed by atoms with Crippen molar-refractivity contribution in [2.24, 2.45) is 0 Å². The largest absolute Gasteiger partial charge is 0.491 e. The summed E-state index contributed by atoms with van der Waals surface area (Å²) in [5.41, 5.74) is 2.49. The summed E-state index contributed by atoms with van der Waals surface area (Å²) >= 11 is 0. The highest BCUT2D eigenvalue weighted by atomic mass is 16.5. The first-order chi connectivity index (χ1) is 7.24. The van der Waals surface area contributed by atoms with Crippen LogP contribution in [0.4, 0.5) is 0 Å². The highest BCUT2D eigenvalue weighted by Gasteiger charge is 1.96. The predicted molar refractivity (Wildman–Crippen MR) is 59.3 cm³/mol. The van der Waals surface area contributed by atoms with Crippen LogP contribution in [0, 0.1) is 13.8 Å². The van der Waals surface area contributed by atoms with Crippen LogP contribution in [0.3, 0.4) is 0 Å². The summed E-state index contributed by atoms with van der Waals surface area (Å²) in [6.45, 7) is 5.59. The second-order valence-corrected chi connectivity index (χ2v) is 3.43. The quantitative estimate of drug-likeness (QED) is 0.726. The first-order valence-electron chi connectivity index (χ1n) is 5.12. The standard InChI is InChI=1S/C12H18O3/c1-10-3-4-12(9-11(10)2)15-8-7-14-6-5-13/h3-4,9,13H,5-8H2,1-2H3. The number of ether oxygens (including phenoxy) is 2. The van der Waals surface area contributed by atoms with Crippen LogP contribution in [-0.2, 0) is 4.74 Å². The molecule has 3 nitrogen and oxygen atoms in total. The van der Waals surface area contributed by atoms with E-state index in [2.05, 4.69) is 13.8 Å². The maximum atomic E-state index is 8.48. The van der Waals surface area contributed by atoms with Gasteiger partial charge in [-0.25, -0.2) is 0 Å². The minimum atomic E-state index is 0.0592. The summed E-state index contributed by atoms with van der Waals surface area (Å²) in [4.78, 5) is 0. The molecule has 15 heavy (non-hydrogen) atoms. The molecular weight excluding hydrogens is 192 g/mol. The molecule has 0 bridgehead atoms. The molecule has 0 unspecified atom stereocenters. The highest BCUT2D eigenvalue weighted by Crippen LogP contribution is 2.16. The number of aliphatic hydroxyl groups is 1. The molecule has 1 aromatic rings. The van der Waals surface area contributed by atoms with E-state index < -0.39 is 0 Å². The fraction of sp³-hybridized carbons (Fsp3) is 0.500. The average molecular weight is 210 g/mol. The Kier molecular flexibility index (Phi) is 5.15. The van der Waals surface area contributed by atoms with E-state index >= 15 is 0 Å². The number of benzene rings is 1. The van der Waals surface area contributed by atoms with Gasteiger partial charge in [0.2, 0.25) is 0 Å². The van der Waals surface area contributed by atoms with E-state index in [0.717, 1.165) is 5.75 Å². The van der Waals surface area contributed by atoms with Crippen LogP contribution >= 0.6 is 0 Å². The molecule has 0 heterocycles. The van der Waals surface area contributed by atoms with Crippen LogP contribution in [0.2, 0.25) is 0 Å². The van der Waals surface area contributed by atoms with Crippen molar-refractivity contribution in [1.82, 2.24) is 0 Å². The lowest BCUT2D eigenvalue weighted by atomic mass is 10.1. The lowest BCUT2D eigenvalue weighted by Crippen LogP contribution is -2.09. The fourth-order valence-corrected chi connectivity index (χ4v) is 1.19. The third-order valence-electron chi connectivity index (χ3n) is 2.21. The molecule has 1 aromatic carbocycles. The normalized spacial score (nSPS) is 10.3. The van der Waals surface area contributed by atoms with Crippen molar-refractivity contribution >= 4 is 0 Å². The second-order valence-electron chi connectivity index (χ2n) is 3.43. The van der Waals surface area contributed by atoms with Gasteiger partial charge in [0, 0.05) is 0 Å². The number of hydrogen-bond donors (Lipinski definition) is 1. The van der Waals surface area contributed by atoms with E-state index in [-0.39, 0.29) is 6.61 Å². The predicted octanol–water partition coefficient (Wildman–Crippen LogP) is 1.69. The first-order valence-corrected chi connectivity index (χ1v) is 5.12. The third-order valence-corrected chi connectivity index (χ3v) is 2.21. The van der Waals surface area contributed by atoms with Crippen LogP contribution in [0.15, 0.2) is 18.2 Å². The Morgan fingerprint density at radius 2 is 1.87 bits per heavy atom. The molecule has 0 spiro atoms. The van der Waals surface area contributed by atoms with Gasteiger partial charge in [0.25, 0.3) is 0 Å². The van der Waals surface area contributed by atoms with E-state index in [4.69, 9.17) is 14.6 Å². The number of aryl methyl sites for hydroxylation is 2. The van der Waals surface area contributed by atoms with Gasteiger partial charge >= 0.3 is 0 Å². The van der Waals surface area contributed by atoms with E-state index in [0.29, 0.717) is 19.8 Å². The Morgan fingerprint density at radius 1 is 1.07 bits per heavy atom. The lowest BCUT2D eigenvalue weighted by molar-refractivity contribution is 0.0705. The van der Waals surface area contributed by atoms with Crippen LogP contribution < -0.4 is 4.74 Å². The molecule has 0 aliphatic heterocycles. The molecule has 0 radical (unpaired) electrons. The van der Waals surface area contributed by atoms with E-state index in [1.54, 1.807) is 0 Å². The van der Waals surface area contributed by atoms with Crippen LogP contribution in [0.1, 0.15) is 11.1 Å². The van der Waals surface area contributed by atoms with E-state index in [1.807, 2.05) is 18.2 Å². The Bertz CT molecular complexity index is 297. The van der Waals surface area contributed by atoms with Gasteiger partial charge in [-0.1, -0.05) is 6.07 Å². The van der Waals surface area contributed by atoms with Gasteiger partial charge < -0.3 is 14.6 Å². The van der Waals surface area contributed by atoms with Crippen molar-refractivity contribution in [2.75, 3.05) is 26.4 Å². The molecule has 0 aromatic heterocycles. The average Bonchev–Trinajstić information content (AvgIpc) is 2.23. The van der Waals surface area contributed by atoms with Crippen molar-refractivity contribution in [3.63, 3.8) is 0 Å². The zero-order valence-corrected chi connectivity index (χ0v) is 9.32. The van der Waals surface area contributed by atoms with Crippen molar-refractivity contribution in [3.05, 3.63) is 29.3 Å². The summed E-state index contributed by atoms with van der Waals surface area (Å²) in [7, 11) is 0. The monoisotopic (exact) mass is 210 g/mol. The van der Waals surface area contributed by atoms with Crippen molar-refractivity contribution < 1.29 is 14.6 Å². The second kappa shape index (κ2) is 6.43. The fourth-order valence-electron chi connectivity index (χ4n) is 1.19. The molecule has 0 aliphatic rings. The molecule has 0 fully saturated rings. The minimum absolute atomic E-state index is 0.0592. The van der Waals surface area contributed by atoms with Crippen molar-refractivity contribution in [3.8, 4) is 5.75 Å². The molecule has 3 heteroatoms. The topological polar surface area (TPSA) is 38.7 Å². The molecule has 0 atom stereocenters. The van der Waals surface area contributed by atoms with Gasteiger partial charge in [-0.05, 0) is 37.1 Å². The Labute approximate surface area is 90.6 Å². The lowest BCUT2D eigenvalue weighted by Gasteiger charge is -2.08. The first kappa shape index (κ1) is 12.0. The molecule has 0 saturated carbocycles. The number of rotatable bonds is 6. The maximum Gasteiger partial charge on any atom is 0.119 e. The maximum absolute atomic E-state index is 8.48. The highest BCUT2D eigenvalue weighted by molar-refractivity contribution is 5.33. The zero-order valence-electron chi connectivity index (χ0n) is 9.32. The van der Waals surface area contributed by atoms with Gasteiger partial charge in [0.15, 0.2) is 0 Å². The molecule has 1 rings (SSSR count). The Hall–Kier alpha value is -1.06. The van der Waals surface area contributed by atoms with Crippen molar-refractivity contribution in [1.29, 1.82) is 0 Å². The summed E-state index contributed by atoms with van der Waals surface area (Å²) in [5, 5.41) is 8.48. The van der Waals surface area contributed by atoms with Crippen LogP contribution in [0.5, 0.6) is 5.75 Å². The van der Waals surface area contributed by atoms with Crippen LogP contribution in [-0.4, -0.2) is 31.5 Å². The zero-order chi connectivity index (χ0) is 11.1.